The van der Waals surface area contributed by atoms with Crippen LogP contribution in [-0.4, -0.2) is 115 Å². The van der Waals surface area contributed by atoms with Crippen molar-refractivity contribution in [2.24, 2.45) is 0 Å². The van der Waals surface area contributed by atoms with Crippen LogP contribution >= 0.6 is 0 Å². The number of nitro benzene ring substituents is 1. The molecule has 1 aromatic carbocycles. The molecule has 220 valence electrons. The van der Waals surface area contributed by atoms with Crippen LogP contribution in [0.2, 0.25) is 0 Å². The summed E-state index contributed by atoms with van der Waals surface area (Å²) >= 11 is 0. The molecule has 2 heterocycles. The second kappa shape index (κ2) is 12.5. The molecule has 40 heavy (non-hydrogen) atoms. The van der Waals surface area contributed by atoms with E-state index in [2.05, 4.69) is 10.6 Å². The quantitative estimate of drug-likeness (QED) is 0.115. The Balaban J connectivity index is 1.93. The fraction of sp³-hybridized carbons (Fsp3) is 0.545. The van der Waals surface area contributed by atoms with E-state index in [1.807, 2.05) is 0 Å². The molecule has 0 spiro atoms. The number of non-ortho nitro benzene ring substituents is 1. The van der Waals surface area contributed by atoms with E-state index in [0.717, 1.165) is 26.0 Å². The van der Waals surface area contributed by atoms with Gasteiger partial charge in [-0.1, -0.05) is 0 Å². The Labute approximate surface area is 224 Å². The number of aliphatic carboxylic acids is 2. The Morgan fingerprint density at radius 2 is 1.32 bits per heavy atom. The lowest BCUT2D eigenvalue weighted by atomic mass is 9.94. The highest BCUT2D eigenvalue weighted by Crippen LogP contribution is 2.31. The van der Waals surface area contributed by atoms with Crippen LogP contribution in [0.1, 0.15) is 13.8 Å². The summed E-state index contributed by atoms with van der Waals surface area (Å²) in [7, 11) is 0. The Kier molecular flexibility index (Phi) is 9.56. The lowest BCUT2D eigenvalue weighted by Crippen LogP contribution is -2.70. The van der Waals surface area contributed by atoms with Gasteiger partial charge in [0.05, 0.1) is 4.92 Å². The van der Waals surface area contributed by atoms with Gasteiger partial charge in [0, 0.05) is 26.0 Å². The number of rotatable bonds is 9. The SMILES string of the molecule is CC(=O)N[C@H]1[C@H](O[C@H]2[C@H](O)[C@@H](NC(C)=O)C(Oc3ccc([N+](=O)[O-])cc3)O[C@@H]2C(=O)O)O[C@H](C(=O)O)[C@H](O)[C@@H]1O. The zero-order chi connectivity index (χ0) is 29.9. The van der Waals surface area contributed by atoms with Crippen molar-refractivity contribution < 1.29 is 68.6 Å². The standard InChI is InChI=1S/C22H27N3O15/c1-7(26)23-11-13(28)15(30)17(19(31)32)39-22(11)38-16-14(29)12(24-8(2)27)21(40-18(16)20(33)34)37-10-5-3-9(4-6-10)25(35)36/h3-6,11-18,21-22,28-30H,1-2H3,(H,23,26)(H,24,27)(H,31,32)(H,33,34)/t11-,12-,13-,14-,15-,16+,17+,18+,21?,22-/m1/s1. The molecule has 1 aromatic rings. The van der Waals surface area contributed by atoms with Gasteiger partial charge in [0.1, 0.15) is 42.2 Å². The van der Waals surface area contributed by atoms with E-state index in [0.29, 0.717) is 0 Å². The molecular formula is C22H27N3O15. The number of carbonyl (C=O) groups is 4. The average Bonchev–Trinajstić information content (AvgIpc) is 2.86. The summed E-state index contributed by atoms with van der Waals surface area (Å²) in [4.78, 5) is 57.5. The molecule has 0 saturated carbocycles. The molecule has 18 nitrogen and oxygen atoms in total. The van der Waals surface area contributed by atoms with E-state index in [9.17, 15) is 54.8 Å². The molecule has 0 aliphatic carbocycles. The van der Waals surface area contributed by atoms with Crippen LogP contribution in [0.15, 0.2) is 24.3 Å². The molecule has 18 heteroatoms. The maximum absolute atomic E-state index is 12.1. The Bertz CT molecular complexity index is 1130. The molecule has 0 radical (unpaired) electrons. The van der Waals surface area contributed by atoms with Crippen molar-refractivity contribution in [3.05, 3.63) is 34.4 Å². The minimum absolute atomic E-state index is 0.0515. The maximum atomic E-state index is 12.1. The topological polar surface area (TPSA) is 274 Å². The predicted molar refractivity (Wildman–Crippen MR) is 124 cm³/mol. The molecule has 1 unspecified atom stereocenters. The lowest BCUT2D eigenvalue weighted by molar-refractivity contribution is -0.384. The van der Waals surface area contributed by atoms with Gasteiger partial charge in [0.2, 0.25) is 18.1 Å². The minimum Gasteiger partial charge on any atom is -0.479 e. The highest BCUT2D eigenvalue weighted by atomic mass is 16.7. The number of ether oxygens (including phenoxy) is 4. The molecule has 2 fully saturated rings. The van der Waals surface area contributed by atoms with Gasteiger partial charge in [-0.05, 0) is 12.1 Å². The summed E-state index contributed by atoms with van der Waals surface area (Å²) < 4.78 is 21.8. The Morgan fingerprint density at radius 1 is 0.825 bits per heavy atom. The van der Waals surface area contributed by atoms with Gasteiger partial charge >= 0.3 is 11.9 Å². The molecule has 0 aromatic heterocycles. The number of nitrogens with one attached hydrogen (secondary N) is 2. The molecule has 3 rings (SSSR count). The number of carboxylic acid groups (broad SMARTS) is 2. The van der Waals surface area contributed by atoms with Crippen molar-refractivity contribution in [2.45, 2.75) is 75.1 Å². The summed E-state index contributed by atoms with van der Waals surface area (Å²) in [6, 6.07) is 1.36. The van der Waals surface area contributed by atoms with Crippen LogP contribution in [0.4, 0.5) is 5.69 Å². The zero-order valence-corrected chi connectivity index (χ0v) is 20.8. The number of nitrogens with zero attached hydrogens (tertiary/aromatic N) is 1. The fourth-order valence-electron chi connectivity index (χ4n) is 4.20. The highest BCUT2D eigenvalue weighted by molar-refractivity contribution is 5.76. The average molecular weight is 573 g/mol. The van der Waals surface area contributed by atoms with Crippen LogP contribution in [0.3, 0.4) is 0 Å². The first-order valence-corrected chi connectivity index (χ1v) is 11.6. The second-order valence-corrected chi connectivity index (χ2v) is 8.92. The first kappa shape index (κ1) is 30.6. The molecular weight excluding hydrogens is 546 g/mol. The van der Waals surface area contributed by atoms with Crippen molar-refractivity contribution >= 4 is 29.4 Å². The van der Waals surface area contributed by atoms with Crippen molar-refractivity contribution in [3.8, 4) is 5.75 Å². The molecule has 0 bridgehead atoms. The fourth-order valence-corrected chi connectivity index (χ4v) is 4.20. The number of benzene rings is 1. The molecule has 10 atom stereocenters. The van der Waals surface area contributed by atoms with E-state index >= 15 is 0 Å². The maximum Gasteiger partial charge on any atom is 0.335 e. The normalized spacial score (nSPS) is 33.8. The predicted octanol–water partition coefficient (Wildman–Crippen LogP) is -2.93. The molecule has 2 amide bonds. The number of hydrogen-bond donors (Lipinski definition) is 7. The van der Waals surface area contributed by atoms with Gasteiger partial charge < -0.3 is 55.1 Å². The number of carboxylic acids is 2. The monoisotopic (exact) mass is 573 g/mol. The van der Waals surface area contributed by atoms with Crippen molar-refractivity contribution in [1.29, 1.82) is 0 Å². The number of hydrogen-bond acceptors (Lipinski definition) is 13. The summed E-state index contributed by atoms with van der Waals surface area (Å²) in [5.41, 5.74) is -0.277. The third kappa shape index (κ3) is 6.79. The number of aliphatic hydroxyl groups excluding tert-OH is 3. The number of amides is 2. The van der Waals surface area contributed by atoms with Gasteiger partial charge in [-0.2, -0.15) is 0 Å². The Hall–Kier alpha value is -3.94. The van der Waals surface area contributed by atoms with Crippen LogP contribution in [-0.2, 0) is 33.4 Å². The first-order valence-electron chi connectivity index (χ1n) is 11.6. The van der Waals surface area contributed by atoms with Gasteiger partial charge in [0.25, 0.3) is 5.69 Å². The highest BCUT2D eigenvalue weighted by Gasteiger charge is 2.55. The number of nitro groups is 1. The van der Waals surface area contributed by atoms with E-state index in [-0.39, 0.29) is 11.4 Å². The van der Waals surface area contributed by atoms with E-state index in [1.165, 1.54) is 12.1 Å². The van der Waals surface area contributed by atoms with Crippen LogP contribution in [0, 0.1) is 10.1 Å². The molecule has 2 aliphatic heterocycles. The zero-order valence-electron chi connectivity index (χ0n) is 20.8. The summed E-state index contributed by atoms with van der Waals surface area (Å²) in [6.45, 7) is 2.10. The molecule has 2 aliphatic rings. The number of aliphatic hydroxyl groups is 3. The van der Waals surface area contributed by atoms with E-state index < -0.39 is 90.0 Å². The minimum atomic E-state index is -2.07. The third-order valence-corrected chi connectivity index (χ3v) is 6.00. The van der Waals surface area contributed by atoms with Gasteiger partial charge in [-0.3, -0.25) is 19.7 Å². The van der Waals surface area contributed by atoms with Gasteiger partial charge in [0.15, 0.2) is 18.5 Å². The summed E-state index contributed by atoms with van der Waals surface area (Å²) in [5, 5.41) is 66.4. The second-order valence-electron chi connectivity index (χ2n) is 8.92. The Morgan fingerprint density at radius 3 is 1.80 bits per heavy atom. The molecule has 2 saturated heterocycles. The smallest absolute Gasteiger partial charge is 0.335 e. The van der Waals surface area contributed by atoms with Crippen molar-refractivity contribution in [1.82, 2.24) is 10.6 Å². The van der Waals surface area contributed by atoms with E-state index in [4.69, 9.17) is 18.9 Å². The summed E-state index contributed by atoms with van der Waals surface area (Å²) in [5.74, 6) is -4.95. The van der Waals surface area contributed by atoms with Gasteiger partial charge in [-0.25, -0.2) is 9.59 Å². The lowest BCUT2D eigenvalue weighted by Gasteiger charge is -2.46. The largest absolute Gasteiger partial charge is 0.479 e. The summed E-state index contributed by atoms with van der Waals surface area (Å²) in [6.07, 6.45) is -15.6. The third-order valence-electron chi connectivity index (χ3n) is 6.00. The van der Waals surface area contributed by atoms with Crippen molar-refractivity contribution in [3.63, 3.8) is 0 Å². The van der Waals surface area contributed by atoms with Crippen LogP contribution in [0.5, 0.6) is 5.75 Å². The van der Waals surface area contributed by atoms with E-state index in [1.54, 1.807) is 0 Å². The van der Waals surface area contributed by atoms with Crippen LogP contribution < -0.4 is 15.4 Å². The first-order chi connectivity index (χ1) is 18.7. The van der Waals surface area contributed by atoms with Crippen LogP contribution in [0.25, 0.3) is 0 Å². The van der Waals surface area contributed by atoms with Crippen molar-refractivity contribution in [2.75, 3.05) is 0 Å². The van der Waals surface area contributed by atoms with Gasteiger partial charge in [-0.15, -0.1) is 0 Å². The molecule has 7 N–H and O–H groups in total. The number of carbonyl (C=O) groups excluding carboxylic acids is 2.